The van der Waals surface area contributed by atoms with Crippen molar-refractivity contribution in [3.8, 4) is 0 Å². The van der Waals surface area contributed by atoms with Gasteiger partial charge in [-0.05, 0) is 31.0 Å². The number of ether oxygens (including phenoxy) is 1. The second-order valence-corrected chi connectivity index (χ2v) is 6.84. The van der Waals surface area contributed by atoms with Crippen LogP contribution in [-0.2, 0) is 19.6 Å². The van der Waals surface area contributed by atoms with Crippen LogP contribution in [0.2, 0.25) is 10.0 Å². The van der Waals surface area contributed by atoms with Crippen LogP contribution >= 0.6 is 23.2 Å². The van der Waals surface area contributed by atoms with Gasteiger partial charge < -0.3 is 9.84 Å². The molecule has 0 aliphatic carbocycles. The molecule has 1 aromatic carbocycles. The highest BCUT2D eigenvalue weighted by molar-refractivity contribution is 7.89. The van der Waals surface area contributed by atoms with Crippen molar-refractivity contribution in [3.63, 3.8) is 0 Å². The molecule has 0 fully saturated rings. The number of rotatable bonds is 8. The summed E-state index contributed by atoms with van der Waals surface area (Å²) in [6, 6.07) is 2.53. The molecular weight excluding hydrogens is 341 g/mol. The molecular formula is C12H15Cl2NO5S. The Morgan fingerprint density at radius 1 is 1.33 bits per heavy atom. The van der Waals surface area contributed by atoms with E-state index in [0.717, 1.165) is 0 Å². The summed E-state index contributed by atoms with van der Waals surface area (Å²) in [6.07, 6.45) is 0.517. The third-order valence-corrected chi connectivity index (χ3v) is 4.47. The SMILES string of the molecule is COCCCC(NS(=O)(=O)c1cc(Cl)cc(Cl)c1)C(=O)O. The summed E-state index contributed by atoms with van der Waals surface area (Å²) in [5.41, 5.74) is 0. The van der Waals surface area contributed by atoms with Crippen molar-refractivity contribution >= 4 is 39.2 Å². The maximum absolute atomic E-state index is 12.2. The number of aliphatic carboxylic acids is 1. The Hall–Kier alpha value is -0.860. The van der Waals surface area contributed by atoms with E-state index in [4.69, 9.17) is 33.0 Å². The van der Waals surface area contributed by atoms with E-state index < -0.39 is 22.0 Å². The molecule has 6 nitrogen and oxygen atoms in total. The molecule has 0 aliphatic rings. The van der Waals surface area contributed by atoms with Gasteiger partial charge in [-0.2, -0.15) is 4.72 Å². The van der Waals surface area contributed by atoms with Crippen LogP contribution in [0.4, 0.5) is 0 Å². The lowest BCUT2D eigenvalue weighted by Gasteiger charge is -2.15. The molecule has 9 heteroatoms. The van der Waals surface area contributed by atoms with Gasteiger partial charge in [0, 0.05) is 23.8 Å². The Labute approximate surface area is 133 Å². The summed E-state index contributed by atoms with van der Waals surface area (Å²) in [6.45, 7) is 0.342. The van der Waals surface area contributed by atoms with Gasteiger partial charge in [-0.3, -0.25) is 4.79 Å². The highest BCUT2D eigenvalue weighted by atomic mass is 35.5. The molecule has 0 aliphatic heterocycles. The summed E-state index contributed by atoms with van der Waals surface area (Å²) in [5.74, 6) is -1.26. The molecule has 0 heterocycles. The summed E-state index contributed by atoms with van der Waals surface area (Å²) >= 11 is 11.5. The van der Waals surface area contributed by atoms with Crippen LogP contribution < -0.4 is 4.72 Å². The lowest BCUT2D eigenvalue weighted by Crippen LogP contribution is -2.40. The van der Waals surface area contributed by atoms with Crippen molar-refractivity contribution < 1.29 is 23.1 Å². The second-order valence-electron chi connectivity index (χ2n) is 4.25. The predicted molar refractivity (Wildman–Crippen MR) is 79.3 cm³/mol. The van der Waals surface area contributed by atoms with Crippen molar-refractivity contribution in [2.24, 2.45) is 0 Å². The molecule has 0 saturated heterocycles. The van der Waals surface area contributed by atoms with Crippen molar-refractivity contribution in [3.05, 3.63) is 28.2 Å². The molecule has 0 bridgehead atoms. The molecule has 1 aromatic rings. The van der Waals surface area contributed by atoms with Gasteiger partial charge in [-0.25, -0.2) is 8.42 Å². The Morgan fingerprint density at radius 3 is 2.38 bits per heavy atom. The monoisotopic (exact) mass is 355 g/mol. The Bertz CT molecular complexity index is 585. The molecule has 1 rings (SSSR count). The lowest BCUT2D eigenvalue weighted by atomic mass is 10.2. The topological polar surface area (TPSA) is 92.7 Å². The normalized spacial score (nSPS) is 13.1. The largest absolute Gasteiger partial charge is 0.480 e. The summed E-state index contributed by atoms with van der Waals surface area (Å²) < 4.78 is 31.3. The van der Waals surface area contributed by atoms with E-state index in [2.05, 4.69) is 4.72 Å². The van der Waals surface area contributed by atoms with Gasteiger partial charge in [-0.15, -0.1) is 0 Å². The first-order valence-corrected chi connectivity index (χ1v) is 8.20. The third kappa shape index (κ3) is 5.80. The van der Waals surface area contributed by atoms with E-state index in [1.807, 2.05) is 0 Å². The van der Waals surface area contributed by atoms with Crippen molar-refractivity contribution in [1.29, 1.82) is 0 Å². The molecule has 0 spiro atoms. The van der Waals surface area contributed by atoms with E-state index in [1.54, 1.807) is 0 Å². The first kappa shape index (κ1) is 18.2. The molecule has 118 valence electrons. The van der Waals surface area contributed by atoms with Crippen LogP contribution in [0.5, 0.6) is 0 Å². The number of hydrogen-bond donors (Lipinski definition) is 2. The highest BCUT2D eigenvalue weighted by Gasteiger charge is 2.25. The third-order valence-electron chi connectivity index (χ3n) is 2.58. The number of halogens is 2. The number of hydrogen-bond acceptors (Lipinski definition) is 4. The van der Waals surface area contributed by atoms with E-state index >= 15 is 0 Å². The van der Waals surface area contributed by atoms with E-state index in [-0.39, 0.29) is 21.4 Å². The molecule has 2 N–H and O–H groups in total. The zero-order valence-electron chi connectivity index (χ0n) is 11.2. The fourth-order valence-electron chi connectivity index (χ4n) is 1.60. The van der Waals surface area contributed by atoms with Crippen molar-refractivity contribution in [1.82, 2.24) is 4.72 Å². The van der Waals surface area contributed by atoms with Gasteiger partial charge in [0.05, 0.1) is 4.90 Å². The average molecular weight is 356 g/mol. The summed E-state index contributed by atoms with van der Waals surface area (Å²) in [4.78, 5) is 10.9. The van der Waals surface area contributed by atoms with Crippen LogP contribution in [-0.4, -0.2) is 39.3 Å². The number of carboxylic acids is 1. The minimum absolute atomic E-state index is 0.108. The lowest BCUT2D eigenvalue weighted by molar-refractivity contribution is -0.139. The van der Waals surface area contributed by atoms with Crippen LogP contribution in [0.25, 0.3) is 0 Å². The molecule has 1 unspecified atom stereocenters. The van der Waals surface area contributed by atoms with Gasteiger partial charge >= 0.3 is 5.97 Å². The minimum atomic E-state index is -4.03. The number of benzene rings is 1. The molecule has 0 aromatic heterocycles. The minimum Gasteiger partial charge on any atom is -0.480 e. The smallest absolute Gasteiger partial charge is 0.321 e. The molecule has 1 atom stereocenters. The first-order valence-electron chi connectivity index (χ1n) is 5.96. The van der Waals surface area contributed by atoms with Crippen LogP contribution in [0.3, 0.4) is 0 Å². The number of carboxylic acid groups (broad SMARTS) is 1. The van der Waals surface area contributed by atoms with Crippen LogP contribution in [0.15, 0.2) is 23.1 Å². The maximum atomic E-state index is 12.2. The van der Waals surface area contributed by atoms with Gasteiger partial charge in [0.25, 0.3) is 0 Å². The van der Waals surface area contributed by atoms with E-state index in [9.17, 15) is 13.2 Å². The van der Waals surface area contributed by atoms with Crippen molar-refractivity contribution in [2.45, 2.75) is 23.8 Å². The van der Waals surface area contributed by atoms with Crippen LogP contribution in [0.1, 0.15) is 12.8 Å². The van der Waals surface area contributed by atoms with E-state index in [1.165, 1.54) is 25.3 Å². The average Bonchev–Trinajstić information content (AvgIpc) is 2.36. The molecule has 0 amide bonds. The number of nitrogens with one attached hydrogen (secondary N) is 1. The predicted octanol–water partition coefficient (Wildman–Crippen LogP) is 2.15. The highest BCUT2D eigenvalue weighted by Crippen LogP contribution is 2.22. The van der Waals surface area contributed by atoms with Crippen LogP contribution in [0, 0.1) is 0 Å². The second kappa shape index (κ2) is 7.95. The summed E-state index contributed by atoms with van der Waals surface area (Å²) in [7, 11) is -2.55. The van der Waals surface area contributed by atoms with E-state index in [0.29, 0.717) is 13.0 Å². The fourth-order valence-corrected chi connectivity index (χ4v) is 3.55. The van der Waals surface area contributed by atoms with Gasteiger partial charge in [0.1, 0.15) is 6.04 Å². The number of carbonyl (C=O) groups is 1. The quantitative estimate of drug-likeness (QED) is 0.697. The number of sulfonamides is 1. The number of methoxy groups -OCH3 is 1. The zero-order chi connectivity index (χ0) is 16.0. The Balaban J connectivity index is 2.92. The van der Waals surface area contributed by atoms with Crippen molar-refractivity contribution in [2.75, 3.05) is 13.7 Å². The molecule has 0 radical (unpaired) electrons. The first-order chi connectivity index (χ1) is 9.76. The fraction of sp³-hybridized carbons (Fsp3) is 0.417. The van der Waals surface area contributed by atoms with Gasteiger partial charge in [0.2, 0.25) is 10.0 Å². The summed E-state index contributed by atoms with van der Waals surface area (Å²) in [5, 5.41) is 9.37. The molecule has 0 saturated carbocycles. The zero-order valence-corrected chi connectivity index (χ0v) is 13.5. The Kier molecular flexibility index (Phi) is 6.89. The maximum Gasteiger partial charge on any atom is 0.321 e. The van der Waals surface area contributed by atoms with Gasteiger partial charge in [0.15, 0.2) is 0 Å². The molecule has 21 heavy (non-hydrogen) atoms. The standard InChI is InChI=1S/C12H15Cl2NO5S/c1-20-4-2-3-11(12(16)17)15-21(18,19)10-6-8(13)5-9(14)7-10/h5-7,11,15H,2-4H2,1H3,(H,16,17). The Morgan fingerprint density at radius 2 is 1.90 bits per heavy atom. The van der Waals surface area contributed by atoms with Gasteiger partial charge in [-0.1, -0.05) is 23.2 Å².